The number of ether oxygens (including phenoxy) is 2. The van der Waals surface area contributed by atoms with E-state index in [0.29, 0.717) is 23.4 Å². The van der Waals surface area contributed by atoms with Crippen molar-refractivity contribution in [2.45, 2.75) is 78.9 Å². The minimum absolute atomic E-state index is 0.178. The first-order valence-corrected chi connectivity index (χ1v) is 10.1. The summed E-state index contributed by atoms with van der Waals surface area (Å²) in [6.07, 6.45) is 5.22. The van der Waals surface area contributed by atoms with Crippen molar-refractivity contribution in [1.82, 2.24) is 9.88 Å². The Morgan fingerprint density at radius 1 is 1.11 bits per heavy atom. The molecule has 0 saturated heterocycles. The number of nitrogens with zero attached hydrogens (tertiary/aromatic N) is 1. The summed E-state index contributed by atoms with van der Waals surface area (Å²) >= 11 is 0. The molecule has 7 nitrogen and oxygen atoms in total. The third kappa shape index (κ3) is 5.14. The molecule has 1 heterocycles. The number of aromatic nitrogens is 1. The van der Waals surface area contributed by atoms with Crippen LogP contribution < -0.4 is 0 Å². The maximum Gasteiger partial charge on any atom is 0.355 e. The van der Waals surface area contributed by atoms with E-state index in [1.165, 1.54) is 6.42 Å². The minimum atomic E-state index is -0.641. The summed E-state index contributed by atoms with van der Waals surface area (Å²) in [4.78, 5) is 42.0. The summed E-state index contributed by atoms with van der Waals surface area (Å²) in [6, 6.07) is 0.233. The van der Waals surface area contributed by atoms with Gasteiger partial charge in [0.1, 0.15) is 5.69 Å². The Bertz CT molecular complexity index is 717. The van der Waals surface area contributed by atoms with Crippen LogP contribution in [0.25, 0.3) is 0 Å². The second-order valence-electron chi connectivity index (χ2n) is 7.63. The van der Waals surface area contributed by atoms with E-state index < -0.39 is 11.9 Å². The Balaban J connectivity index is 2.02. The first kappa shape index (κ1) is 22.0. The van der Waals surface area contributed by atoms with Gasteiger partial charge in [0.25, 0.3) is 5.91 Å². The maximum atomic E-state index is 12.6. The van der Waals surface area contributed by atoms with Gasteiger partial charge in [0.15, 0.2) is 6.61 Å². The third-order valence-corrected chi connectivity index (χ3v) is 5.19. The molecule has 1 fully saturated rings. The van der Waals surface area contributed by atoms with Crippen molar-refractivity contribution in [3.8, 4) is 0 Å². The average molecular weight is 392 g/mol. The number of likely N-dealkylation sites (N-methyl/N-ethyl adjacent to an activating group) is 1. The number of nitrogens with one attached hydrogen (secondary N) is 1. The largest absolute Gasteiger partial charge is 0.459 e. The van der Waals surface area contributed by atoms with Gasteiger partial charge < -0.3 is 19.4 Å². The number of aryl methyl sites for hydroxylation is 1. The van der Waals surface area contributed by atoms with E-state index >= 15 is 0 Å². The average Bonchev–Trinajstić information content (AvgIpc) is 2.95. The van der Waals surface area contributed by atoms with E-state index in [9.17, 15) is 14.4 Å². The van der Waals surface area contributed by atoms with Crippen LogP contribution in [0.5, 0.6) is 0 Å². The van der Waals surface area contributed by atoms with Gasteiger partial charge in [0.05, 0.1) is 11.7 Å². The second-order valence-corrected chi connectivity index (χ2v) is 7.63. The normalized spacial score (nSPS) is 14.8. The summed E-state index contributed by atoms with van der Waals surface area (Å²) in [5.74, 6) is -1.30. The smallest absolute Gasteiger partial charge is 0.355 e. The molecule has 1 saturated carbocycles. The summed E-state index contributed by atoms with van der Waals surface area (Å²) in [5.41, 5.74) is 1.53. The number of hydrogen-bond donors (Lipinski definition) is 1. The van der Waals surface area contributed by atoms with Crippen LogP contribution in [0.4, 0.5) is 0 Å². The Morgan fingerprint density at radius 3 is 2.32 bits per heavy atom. The van der Waals surface area contributed by atoms with Crippen molar-refractivity contribution < 1.29 is 23.9 Å². The molecule has 1 aromatic rings. The molecular formula is C21H32N2O5. The maximum absolute atomic E-state index is 12.6. The van der Waals surface area contributed by atoms with Crippen LogP contribution in [-0.4, -0.2) is 53.0 Å². The molecule has 0 unspecified atom stereocenters. The fraction of sp³-hybridized carbons (Fsp3) is 0.667. The molecule has 0 bridgehead atoms. The van der Waals surface area contributed by atoms with Crippen LogP contribution in [-0.2, 0) is 14.3 Å². The SMILES string of the molecule is CCN(C(=O)COC(=O)c1[nH]c(C)c(C(=O)OC(C)C)c1C)C1CCCCC1. The highest BCUT2D eigenvalue weighted by molar-refractivity contribution is 5.99. The lowest BCUT2D eigenvalue weighted by Gasteiger charge is -2.33. The van der Waals surface area contributed by atoms with Gasteiger partial charge in [-0.25, -0.2) is 9.59 Å². The molecule has 1 N–H and O–H groups in total. The third-order valence-electron chi connectivity index (χ3n) is 5.19. The van der Waals surface area contributed by atoms with Gasteiger partial charge in [0.2, 0.25) is 0 Å². The van der Waals surface area contributed by atoms with Crippen LogP contribution in [0.1, 0.15) is 85.0 Å². The van der Waals surface area contributed by atoms with Crippen molar-refractivity contribution in [2.24, 2.45) is 0 Å². The number of carbonyl (C=O) groups excluding carboxylic acids is 3. The summed E-state index contributed by atoms with van der Waals surface area (Å²) < 4.78 is 10.5. The van der Waals surface area contributed by atoms with Crippen LogP contribution in [0.2, 0.25) is 0 Å². The topological polar surface area (TPSA) is 88.7 Å². The van der Waals surface area contributed by atoms with Crippen molar-refractivity contribution in [3.63, 3.8) is 0 Å². The van der Waals surface area contributed by atoms with E-state index in [2.05, 4.69) is 4.98 Å². The molecule has 7 heteroatoms. The van der Waals surface area contributed by atoms with Crippen LogP contribution in [0, 0.1) is 13.8 Å². The van der Waals surface area contributed by atoms with Gasteiger partial charge in [0, 0.05) is 18.3 Å². The molecule has 156 valence electrons. The van der Waals surface area contributed by atoms with Crippen molar-refractivity contribution in [3.05, 3.63) is 22.5 Å². The number of carbonyl (C=O) groups is 3. The fourth-order valence-corrected chi connectivity index (χ4v) is 3.85. The Hall–Kier alpha value is -2.31. The highest BCUT2D eigenvalue weighted by Crippen LogP contribution is 2.23. The number of aromatic amines is 1. The summed E-state index contributed by atoms with van der Waals surface area (Å²) in [7, 11) is 0. The lowest BCUT2D eigenvalue weighted by Crippen LogP contribution is -2.43. The highest BCUT2D eigenvalue weighted by Gasteiger charge is 2.27. The standard InChI is InChI=1S/C21H32N2O5/c1-6-23(16-10-8-7-9-11-16)17(24)12-27-21(26)19-14(4)18(15(5)22-19)20(25)28-13(2)3/h13,16,22H,6-12H2,1-5H3. The zero-order valence-corrected chi connectivity index (χ0v) is 17.6. The molecular weight excluding hydrogens is 360 g/mol. The van der Waals surface area contributed by atoms with Gasteiger partial charge in [-0.2, -0.15) is 0 Å². The van der Waals surface area contributed by atoms with Crippen molar-refractivity contribution in [2.75, 3.05) is 13.2 Å². The first-order chi connectivity index (χ1) is 13.3. The van der Waals surface area contributed by atoms with Gasteiger partial charge in [-0.05, 0) is 53.0 Å². The molecule has 1 aliphatic carbocycles. The van der Waals surface area contributed by atoms with Crippen LogP contribution in [0.3, 0.4) is 0 Å². The lowest BCUT2D eigenvalue weighted by atomic mass is 9.94. The predicted molar refractivity (Wildman–Crippen MR) is 105 cm³/mol. The van der Waals surface area contributed by atoms with Gasteiger partial charge in [-0.3, -0.25) is 4.79 Å². The predicted octanol–water partition coefficient (Wildman–Crippen LogP) is 3.53. The Kier molecular flexibility index (Phi) is 7.66. The van der Waals surface area contributed by atoms with Crippen LogP contribution >= 0.6 is 0 Å². The lowest BCUT2D eigenvalue weighted by molar-refractivity contribution is -0.137. The zero-order valence-electron chi connectivity index (χ0n) is 17.6. The Morgan fingerprint density at radius 2 is 1.75 bits per heavy atom. The molecule has 1 amide bonds. The summed E-state index contributed by atoms with van der Waals surface area (Å²) in [5, 5.41) is 0. The molecule has 1 aromatic heterocycles. The molecule has 0 spiro atoms. The quantitative estimate of drug-likeness (QED) is 0.717. The molecule has 0 radical (unpaired) electrons. The van der Waals surface area contributed by atoms with E-state index in [1.807, 2.05) is 11.8 Å². The molecule has 0 aromatic carbocycles. The second kappa shape index (κ2) is 9.75. The molecule has 0 aliphatic heterocycles. The van der Waals surface area contributed by atoms with Crippen molar-refractivity contribution >= 4 is 17.8 Å². The number of H-pyrrole nitrogens is 1. The van der Waals surface area contributed by atoms with Gasteiger partial charge in [-0.1, -0.05) is 19.3 Å². The monoisotopic (exact) mass is 392 g/mol. The molecule has 2 rings (SSSR count). The van der Waals surface area contributed by atoms with E-state index in [4.69, 9.17) is 9.47 Å². The molecule has 1 aliphatic rings. The van der Waals surface area contributed by atoms with E-state index in [0.717, 1.165) is 25.7 Å². The van der Waals surface area contributed by atoms with E-state index in [-0.39, 0.29) is 30.4 Å². The van der Waals surface area contributed by atoms with Crippen LogP contribution in [0.15, 0.2) is 0 Å². The molecule has 28 heavy (non-hydrogen) atoms. The van der Waals surface area contributed by atoms with Crippen molar-refractivity contribution in [1.29, 1.82) is 0 Å². The minimum Gasteiger partial charge on any atom is -0.459 e. The van der Waals surface area contributed by atoms with Gasteiger partial charge >= 0.3 is 11.9 Å². The fourth-order valence-electron chi connectivity index (χ4n) is 3.85. The highest BCUT2D eigenvalue weighted by atomic mass is 16.5. The number of hydrogen-bond acceptors (Lipinski definition) is 5. The zero-order chi connectivity index (χ0) is 20.8. The number of rotatable bonds is 7. The number of esters is 2. The Labute approximate surface area is 166 Å². The molecule has 0 atom stereocenters. The van der Waals surface area contributed by atoms with Gasteiger partial charge in [-0.15, -0.1) is 0 Å². The first-order valence-electron chi connectivity index (χ1n) is 10.1. The number of amides is 1. The summed E-state index contributed by atoms with van der Waals surface area (Å²) in [6.45, 7) is 9.15. The van der Waals surface area contributed by atoms with E-state index in [1.54, 1.807) is 27.7 Å².